The van der Waals surface area contributed by atoms with Gasteiger partial charge >= 0.3 is 5.97 Å². The van der Waals surface area contributed by atoms with Gasteiger partial charge in [-0.1, -0.05) is 6.07 Å². The predicted octanol–water partition coefficient (Wildman–Crippen LogP) is 2.08. The predicted molar refractivity (Wildman–Crippen MR) is 79.2 cm³/mol. The van der Waals surface area contributed by atoms with Crippen molar-refractivity contribution in [1.82, 2.24) is 4.90 Å². The topological polar surface area (TPSA) is 60.9 Å². The molecule has 110 valence electrons. The number of aliphatic carboxylic acids is 1. The van der Waals surface area contributed by atoms with Crippen LogP contribution in [0, 0.1) is 0 Å². The fraction of sp³-hybridized carbons (Fsp3) is 0.467. The first-order chi connectivity index (χ1) is 9.12. The molecular formula is C15H22N2O3. The summed E-state index contributed by atoms with van der Waals surface area (Å²) in [6.45, 7) is 5.16. The molecule has 0 atom stereocenters. The van der Waals surface area contributed by atoms with Gasteiger partial charge in [0.1, 0.15) is 6.54 Å². The monoisotopic (exact) mass is 278 g/mol. The van der Waals surface area contributed by atoms with Crippen molar-refractivity contribution in [2.24, 2.45) is 0 Å². The van der Waals surface area contributed by atoms with Crippen molar-refractivity contribution < 1.29 is 14.7 Å². The summed E-state index contributed by atoms with van der Waals surface area (Å²) in [4.78, 5) is 26.8. The van der Waals surface area contributed by atoms with Gasteiger partial charge in [0.05, 0.1) is 0 Å². The van der Waals surface area contributed by atoms with Gasteiger partial charge < -0.3 is 14.9 Å². The molecule has 0 aliphatic carbocycles. The van der Waals surface area contributed by atoms with Crippen LogP contribution in [0.3, 0.4) is 0 Å². The van der Waals surface area contributed by atoms with Crippen LogP contribution in [0.2, 0.25) is 0 Å². The molecule has 0 saturated heterocycles. The standard InChI is InChI=1S/C15H22N2O3/c1-15(2,3)17(10-13(18)19)14(20)11-7-6-8-12(9-11)16(4)5/h6-9H,10H2,1-5H3,(H,18,19). The first-order valence-corrected chi connectivity index (χ1v) is 6.44. The van der Waals surface area contributed by atoms with Crippen LogP contribution in [-0.4, -0.2) is 48.1 Å². The smallest absolute Gasteiger partial charge is 0.323 e. The zero-order valence-electron chi connectivity index (χ0n) is 12.7. The summed E-state index contributed by atoms with van der Waals surface area (Å²) in [5.74, 6) is -1.29. The fourth-order valence-electron chi connectivity index (χ4n) is 1.82. The Morgan fingerprint density at radius 3 is 2.25 bits per heavy atom. The Hall–Kier alpha value is -2.04. The SMILES string of the molecule is CN(C)c1cccc(C(=O)N(CC(=O)O)C(C)(C)C)c1. The number of benzene rings is 1. The Morgan fingerprint density at radius 1 is 1.20 bits per heavy atom. The number of amides is 1. The number of carboxylic acids is 1. The summed E-state index contributed by atoms with van der Waals surface area (Å²) in [5, 5.41) is 8.98. The van der Waals surface area contributed by atoms with Crippen molar-refractivity contribution in [2.45, 2.75) is 26.3 Å². The van der Waals surface area contributed by atoms with Gasteiger partial charge in [-0.3, -0.25) is 9.59 Å². The third-order valence-corrected chi connectivity index (χ3v) is 2.96. The highest BCUT2D eigenvalue weighted by molar-refractivity contribution is 5.97. The van der Waals surface area contributed by atoms with Crippen molar-refractivity contribution in [2.75, 3.05) is 25.5 Å². The summed E-state index contributed by atoms with van der Waals surface area (Å²) < 4.78 is 0. The number of nitrogens with zero attached hydrogens (tertiary/aromatic N) is 2. The van der Waals surface area contributed by atoms with Gasteiger partial charge in [0.2, 0.25) is 0 Å². The maximum atomic E-state index is 12.5. The summed E-state index contributed by atoms with van der Waals surface area (Å²) in [7, 11) is 3.78. The highest BCUT2D eigenvalue weighted by Crippen LogP contribution is 2.20. The van der Waals surface area contributed by atoms with Gasteiger partial charge in [-0.2, -0.15) is 0 Å². The van der Waals surface area contributed by atoms with Gasteiger partial charge in [-0.05, 0) is 39.0 Å². The molecule has 0 saturated carbocycles. The van der Waals surface area contributed by atoms with E-state index in [9.17, 15) is 9.59 Å². The maximum Gasteiger partial charge on any atom is 0.323 e. The van der Waals surface area contributed by atoms with Crippen molar-refractivity contribution in [3.8, 4) is 0 Å². The molecule has 1 amide bonds. The maximum absolute atomic E-state index is 12.5. The van der Waals surface area contributed by atoms with Crippen LogP contribution in [0.15, 0.2) is 24.3 Å². The molecule has 0 bridgehead atoms. The minimum atomic E-state index is -1.02. The first-order valence-electron chi connectivity index (χ1n) is 6.44. The van der Waals surface area contributed by atoms with E-state index in [0.29, 0.717) is 5.56 Å². The van der Waals surface area contributed by atoms with E-state index in [2.05, 4.69) is 0 Å². The van der Waals surface area contributed by atoms with Gasteiger partial charge in [0, 0.05) is 30.9 Å². The molecule has 1 N–H and O–H groups in total. The van der Waals surface area contributed by atoms with Crippen molar-refractivity contribution in [3.63, 3.8) is 0 Å². The second-order valence-corrected chi connectivity index (χ2v) is 5.90. The summed E-state index contributed by atoms with van der Waals surface area (Å²) in [6, 6.07) is 7.17. The number of anilines is 1. The summed E-state index contributed by atoms with van der Waals surface area (Å²) in [6.07, 6.45) is 0. The minimum absolute atomic E-state index is 0.274. The first kappa shape index (κ1) is 16.0. The second kappa shape index (κ2) is 5.94. The zero-order chi connectivity index (χ0) is 15.5. The Morgan fingerprint density at radius 2 is 1.80 bits per heavy atom. The van der Waals surface area contributed by atoms with E-state index in [4.69, 9.17) is 5.11 Å². The lowest BCUT2D eigenvalue weighted by atomic mass is 10.0. The molecule has 0 aromatic heterocycles. The number of hydrogen-bond donors (Lipinski definition) is 1. The molecule has 0 spiro atoms. The highest BCUT2D eigenvalue weighted by Gasteiger charge is 2.29. The minimum Gasteiger partial charge on any atom is -0.480 e. The fourth-order valence-corrected chi connectivity index (χ4v) is 1.82. The zero-order valence-corrected chi connectivity index (χ0v) is 12.7. The Balaban J connectivity index is 3.12. The van der Waals surface area contributed by atoms with E-state index in [1.165, 1.54) is 4.90 Å². The molecule has 20 heavy (non-hydrogen) atoms. The molecule has 0 aliphatic rings. The van der Waals surface area contributed by atoms with E-state index >= 15 is 0 Å². The lowest BCUT2D eigenvalue weighted by Crippen LogP contribution is -2.48. The van der Waals surface area contributed by atoms with Gasteiger partial charge in [0.15, 0.2) is 0 Å². The molecule has 1 aromatic rings. The average molecular weight is 278 g/mol. The molecule has 0 unspecified atom stereocenters. The molecule has 0 heterocycles. The van der Waals surface area contributed by atoms with Crippen LogP contribution in [0.25, 0.3) is 0 Å². The van der Waals surface area contributed by atoms with Crippen molar-refractivity contribution in [3.05, 3.63) is 29.8 Å². The molecule has 5 heteroatoms. The van der Waals surface area contributed by atoms with E-state index < -0.39 is 11.5 Å². The van der Waals surface area contributed by atoms with Crippen LogP contribution in [0.1, 0.15) is 31.1 Å². The van der Waals surface area contributed by atoms with E-state index in [-0.39, 0.29) is 12.5 Å². The lowest BCUT2D eigenvalue weighted by Gasteiger charge is -2.34. The molecule has 0 radical (unpaired) electrons. The van der Waals surface area contributed by atoms with E-state index in [1.54, 1.807) is 18.2 Å². The van der Waals surface area contributed by atoms with E-state index in [1.807, 2.05) is 45.8 Å². The number of carboxylic acid groups (broad SMARTS) is 1. The van der Waals surface area contributed by atoms with Crippen LogP contribution >= 0.6 is 0 Å². The summed E-state index contributed by atoms with van der Waals surface area (Å²) in [5.41, 5.74) is 0.844. The normalized spacial score (nSPS) is 11.1. The second-order valence-electron chi connectivity index (χ2n) is 5.90. The van der Waals surface area contributed by atoms with Crippen molar-refractivity contribution >= 4 is 17.6 Å². The lowest BCUT2D eigenvalue weighted by molar-refractivity contribution is -0.138. The molecule has 5 nitrogen and oxygen atoms in total. The number of carbonyl (C=O) groups excluding carboxylic acids is 1. The Labute approximate surface area is 119 Å². The van der Waals surface area contributed by atoms with Gasteiger partial charge in [0.25, 0.3) is 5.91 Å². The number of hydrogen-bond acceptors (Lipinski definition) is 3. The quantitative estimate of drug-likeness (QED) is 0.916. The highest BCUT2D eigenvalue weighted by atomic mass is 16.4. The Bertz CT molecular complexity index is 504. The molecular weight excluding hydrogens is 256 g/mol. The average Bonchev–Trinajstić information content (AvgIpc) is 2.33. The van der Waals surface area contributed by atoms with Crippen LogP contribution < -0.4 is 4.90 Å². The van der Waals surface area contributed by atoms with Crippen molar-refractivity contribution in [1.29, 1.82) is 0 Å². The molecule has 1 rings (SSSR count). The van der Waals surface area contributed by atoms with E-state index in [0.717, 1.165) is 5.69 Å². The largest absolute Gasteiger partial charge is 0.480 e. The molecule has 0 aliphatic heterocycles. The number of rotatable bonds is 4. The van der Waals surface area contributed by atoms with Gasteiger partial charge in [-0.15, -0.1) is 0 Å². The molecule has 0 fully saturated rings. The number of carbonyl (C=O) groups is 2. The van der Waals surface area contributed by atoms with Crippen LogP contribution in [0.5, 0.6) is 0 Å². The van der Waals surface area contributed by atoms with Gasteiger partial charge in [-0.25, -0.2) is 0 Å². The summed E-state index contributed by atoms with van der Waals surface area (Å²) >= 11 is 0. The van der Waals surface area contributed by atoms with Crippen LogP contribution in [-0.2, 0) is 4.79 Å². The Kier molecular flexibility index (Phi) is 4.76. The molecule has 1 aromatic carbocycles. The van der Waals surface area contributed by atoms with Crippen LogP contribution in [0.4, 0.5) is 5.69 Å². The third kappa shape index (κ3) is 3.98. The third-order valence-electron chi connectivity index (χ3n) is 2.96.